The number of anilines is 1. The first-order chi connectivity index (χ1) is 17.0. The molecule has 0 aliphatic carbocycles. The van der Waals surface area contributed by atoms with Crippen LogP contribution in [-0.2, 0) is 11.4 Å². The molecule has 174 valence electrons. The number of thiazole rings is 1. The second kappa shape index (κ2) is 8.63. The zero-order valence-corrected chi connectivity index (χ0v) is 19.7. The second-order valence-corrected chi connectivity index (χ2v) is 9.52. The van der Waals surface area contributed by atoms with Gasteiger partial charge in [-0.05, 0) is 54.4 Å². The smallest absolute Gasteiger partial charge is 0.226 e. The van der Waals surface area contributed by atoms with Gasteiger partial charge in [-0.3, -0.25) is 4.79 Å². The van der Waals surface area contributed by atoms with E-state index in [1.54, 1.807) is 28.2 Å². The fraction of sp³-hybridized carbons (Fsp3) is 0.148. The van der Waals surface area contributed by atoms with Crippen molar-refractivity contribution in [2.24, 2.45) is 0 Å². The van der Waals surface area contributed by atoms with Crippen LogP contribution in [0.1, 0.15) is 34.7 Å². The molecule has 35 heavy (non-hydrogen) atoms. The third-order valence-corrected chi connectivity index (χ3v) is 7.18. The molecule has 0 spiro atoms. The molecule has 1 aliphatic rings. The number of carbonyl (C=O) groups is 1. The summed E-state index contributed by atoms with van der Waals surface area (Å²) in [6.07, 6.45) is 0.342. The molecule has 0 bridgehead atoms. The minimum Gasteiger partial charge on any atom is -0.489 e. The molecule has 6 rings (SSSR count). The molecule has 1 atom stereocenters. The Morgan fingerprint density at radius 2 is 1.86 bits per heavy atom. The number of fused-ring (bicyclic) bond motifs is 2. The van der Waals surface area contributed by atoms with Crippen LogP contribution in [0.25, 0.3) is 15.3 Å². The summed E-state index contributed by atoms with van der Waals surface area (Å²) < 4.78 is 21.8. The molecule has 1 aliphatic heterocycles. The molecular formula is C27H21FN4O2S. The van der Waals surface area contributed by atoms with Crippen LogP contribution < -0.4 is 10.1 Å². The number of amides is 1. The highest BCUT2D eigenvalue weighted by Gasteiger charge is 2.33. The summed E-state index contributed by atoms with van der Waals surface area (Å²) >= 11 is 1.54. The predicted molar refractivity (Wildman–Crippen MR) is 134 cm³/mol. The summed E-state index contributed by atoms with van der Waals surface area (Å²) in [6.45, 7) is 2.32. The van der Waals surface area contributed by atoms with Crippen LogP contribution in [0.4, 0.5) is 10.2 Å². The number of aryl methyl sites for hydroxylation is 1. The topological polar surface area (TPSA) is 69.0 Å². The summed E-state index contributed by atoms with van der Waals surface area (Å²) in [4.78, 5) is 17.4. The van der Waals surface area contributed by atoms with Crippen LogP contribution in [0.2, 0.25) is 0 Å². The molecule has 6 nitrogen and oxygen atoms in total. The molecule has 1 unspecified atom stereocenters. The molecule has 0 saturated heterocycles. The van der Waals surface area contributed by atoms with Gasteiger partial charge in [0.2, 0.25) is 11.0 Å². The first kappa shape index (κ1) is 21.5. The van der Waals surface area contributed by atoms with Gasteiger partial charge in [-0.2, -0.15) is 9.78 Å². The van der Waals surface area contributed by atoms with Gasteiger partial charge in [0.15, 0.2) is 0 Å². The second-order valence-electron chi connectivity index (χ2n) is 8.51. The molecule has 0 radical (unpaired) electrons. The van der Waals surface area contributed by atoms with Gasteiger partial charge < -0.3 is 10.1 Å². The Labute approximate surface area is 205 Å². The van der Waals surface area contributed by atoms with Gasteiger partial charge in [0.1, 0.15) is 24.0 Å². The standard InChI is InChI=1S/C27H21FN4O2S/c1-16-25-21(18-8-12-20(13-9-18)34-15-17-6-10-19(28)11-7-17)14-24(33)30-26(25)32(31-16)27-29-22-4-2-3-5-23(22)35-27/h2-13,21H,14-15H2,1H3,(H,30,33). The molecule has 1 amide bonds. The van der Waals surface area contributed by atoms with E-state index in [1.807, 2.05) is 55.5 Å². The summed E-state index contributed by atoms with van der Waals surface area (Å²) in [5.41, 5.74) is 4.68. The number of hydrogen-bond acceptors (Lipinski definition) is 5. The summed E-state index contributed by atoms with van der Waals surface area (Å²) in [5.74, 6) is 0.949. The number of halogens is 1. The van der Waals surface area contributed by atoms with E-state index in [0.29, 0.717) is 24.6 Å². The third-order valence-electron chi connectivity index (χ3n) is 6.17. The maximum absolute atomic E-state index is 13.1. The maximum atomic E-state index is 13.1. The average molecular weight is 485 g/mol. The van der Waals surface area contributed by atoms with Crippen molar-refractivity contribution in [3.05, 3.63) is 101 Å². The fourth-order valence-electron chi connectivity index (χ4n) is 4.46. The molecular weight excluding hydrogens is 463 g/mol. The van der Waals surface area contributed by atoms with Gasteiger partial charge in [-0.15, -0.1) is 0 Å². The number of nitrogens with one attached hydrogen (secondary N) is 1. The van der Waals surface area contributed by atoms with Gasteiger partial charge in [0, 0.05) is 17.9 Å². The zero-order valence-electron chi connectivity index (χ0n) is 18.9. The van der Waals surface area contributed by atoms with E-state index in [2.05, 4.69) is 5.32 Å². The zero-order chi connectivity index (χ0) is 23.9. The first-order valence-electron chi connectivity index (χ1n) is 11.3. The van der Waals surface area contributed by atoms with Crippen molar-refractivity contribution >= 4 is 33.3 Å². The quantitative estimate of drug-likeness (QED) is 0.333. The van der Waals surface area contributed by atoms with Gasteiger partial charge >= 0.3 is 0 Å². The van der Waals surface area contributed by atoms with E-state index in [-0.39, 0.29) is 17.6 Å². The van der Waals surface area contributed by atoms with E-state index in [1.165, 1.54) is 12.1 Å². The van der Waals surface area contributed by atoms with Gasteiger partial charge in [-0.1, -0.05) is 47.7 Å². The van der Waals surface area contributed by atoms with Crippen LogP contribution in [0.15, 0.2) is 72.8 Å². The van der Waals surface area contributed by atoms with Gasteiger partial charge in [-0.25, -0.2) is 9.37 Å². The van der Waals surface area contributed by atoms with Gasteiger partial charge in [0.25, 0.3) is 0 Å². The highest BCUT2D eigenvalue weighted by molar-refractivity contribution is 7.20. The average Bonchev–Trinajstić information content (AvgIpc) is 3.44. The number of benzene rings is 3. The van der Waals surface area contributed by atoms with E-state index >= 15 is 0 Å². The predicted octanol–water partition coefficient (Wildman–Crippen LogP) is 5.98. The van der Waals surface area contributed by atoms with Crippen LogP contribution in [0, 0.1) is 12.7 Å². The third kappa shape index (κ3) is 4.06. The Bertz CT molecular complexity index is 1510. The van der Waals surface area contributed by atoms with Crippen LogP contribution >= 0.6 is 11.3 Å². The maximum Gasteiger partial charge on any atom is 0.226 e. The summed E-state index contributed by atoms with van der Waals surface area (Å²) in [7, 11) is 0. The summed E-state index contributed by atoms with van der Waals surface area (Å²) in [6, 6.07) is 22.0. The Morgan fingerprint density at radius 1 is 1.09 bits per heavy atom. The lowest BCUT2D eigenvalue weighted by atomic mass is 9.86. The van der Waals surface area contributed by atoms with Gasteiger partial charge in [0.05, 0.1) is 15.9 Å². The van der Waals surface area contributed by atoms with Crippen molar-refractivity contribution in [3.63, 3.8) is 0 Å². The molecule has 3 heterocycles. The fourth-order valence-corrected chi connectivity index (χ4v) is 5.39. The van der Waals surface area contributed by atoms with Crippen LogP contribution in [-0.4, -0.2) is 20.7 Å². The largest absolute Gasteiger partial charge is 0.489 e. The van der Waals surface area contributed by atoms with Crippen molar-refractivity contribution in [2.75, 3.05) is 5.32 Å². The minimum atomic E-state index is -0.268. The molecule has 1 N–H and O–H groups in total. The number of aromatic nitrogens is 3. The molecule has 0 fully saturated rings. The van der Waals surface area contributed by atoms with E-state index in [0.717, 1.165) is 37.7 Å². The van der Waals surface area contributed by atoms with E-state index in [4.69, 9.17) is 14.8 Å². The van der Waals surface area contributed by atoms with Crippen molar-refractivity contribution in [2.45, 2.75) is 25.9 Å². The number of para-hydroxylation sites is 1. The number of nitrogens with zero attached hydrogens (tertiary/aromatic N) is 3. The monoisotopic (exact) mass is 484 g/mol. The lowest BCUT2D eigenvalue weighted by molar-refractivity contribution is -0.116. The number of carbonyl (C=O) groups excluding carboxylic acids is 1. The number of rotatable bonds is 5. The highest BCUT2D eigenvalue weighted by Crippen LogP contribution is 2.41. The lowest BCUT2D eigenvalue weighted by Gasteiger charge is -2.24. The van der Waals surface area contributed by atoms with Crippen molar-refractivity contribution in [1.82, 2.24) is 14.8 Å². The number of hydrogen-bond donors (Lipinski definition) is 1. The Kier molecular flexibility index (Phi) is 5.30. The van der Waals surface area contributed by atoms with Crippen LogP contribution in [0.5, 0.6) is 5.75 Å². The Balaban J connectivity index is 1.29. The van der Waals surface area contributed by atoms with Crippen molar-refractivity contribution in [3.8, 4) is 10.9 Å². The Morgan fingerprint density at radius 3 is 2.63 bits per heavy atom. The molecule has 0 saturated carbocycles. The highest BCUT2D eigenvalue weighted by atomic mass is 32.1. The molecule has 5 aromatic rings. The van der Waals surface area contributed by atoms with Crippen molar-refractivity contribution < 1.29 is 13.9 Å². The first-order valence-corrected chi connectivity index (χ1v) is 12.1. The van der Waals surface area contributed by atoms with E-state index in [9.17, 15) is 9.18 Å². The normalized spacial score (nSPS) is 15.1. The van der Waals surface area contributed by atoms with Crippen LogP contribution in [0.3, 0.4) is 0 Å². The number of ether oxygens (including phenoxy) is 1. The Hall–Kier alpha value is -4.04. The lowest BCUT2D eigenvalue weighted by Crippen LogP contribution is -2.24. The molecule has 2 aromatic heterocycles. The van der Waals surface area contributed by atoms with Crippen molar-refractivity contribution in [1.29, 1.82) is 0 Å². The minimum absolute atomic E-state index is 0.0543. The SMILES string of the molecule is Cc1nn(-c2nc3ccccc3s2)c2c1C(c1ccc(OCc3ccc(F)cc3)cc1)CC(=O)N2. The summed E-state index contributed by atoms with van der Waals surface area (Å²) in [5, 5.41) is 8.50. The molecule has 8 heteroatoms. The van der Waals surface area contributed by atoms with E-state index < -0.39 is 0 Å². The molecule has 3 aromatic carbocycles.